The van der Waals surface area contributed by atoms with Crippen molar-refractivity contribution in [3.63, 3.8) is 0 Å². The van der Waals surface area contributed by atoms with Crippen molar-refractivity contribution in [3.05, 3.63) is 35.4 Å². The zero-order valence-corrected chi connectivity index (χ0v) is 15.6. The van der Waals surface area contributed by atoms with E-state index in [4.69, 9.17) is 0 Å². The molecule has 1 atom stereocenters. The first-order chi connectivity index (χ1) is 11.3. The Kier molecular flexibility index (Phi) is 8.47. The molecule has 24 heavy (non-hydrogen) atoms. The summed E-state index contributed by atoms with van der Waals surface area (Å²) < 4.78 is 0. The Hall–Kier alpha value is -1.88. The molecule has 4 N–H and O–H groups in total. The van der Waals surface area contributed by atoms with Crippen LogP contribution in [-0.4, -0.2) is 31.4 Å². The molecule has 2 amide bonds. The van der Waals surface area contributed by atoms with Gasteiger partial charge in [-0.2, -0.15) is 0 Å². The van der Waals surface area contributed by atoms with Crippen molar-refractivity contribution < 1.29 is 14.9 Å². The SMILES string of the molecule is CCNC(=O)CNC(=O)C[NH2+][C@H](c1ccc(C(C)C)cc1)C(C)C. The van der Waals surface area contributed by atoms with E-state index >= 15 is 0 Å². The maximum absolute atomic E-state index is 11.9. The van der Waals surface area contributed by atoms with Crippen LogP contribution < -0.4 is 16.0 Å². The number of carbonyl (C=O) groups excluding carboxylic acids is 2. The fraction of sp³-hybridized carbons (Fsp3) is 0.579. The molecule has 0 aromatic heterocycles. The molecule has 134 valence electrons. The van der Waals surface area contributed by atoms with Crippen LogP contribution in [0.2, 0.25) is 0 Å². The second-order valence-corrected chi connectivity index (χ2v) is 6.76. The Morgan fingerprint density at radius 1 is 0.958 bits per heavy atom. The smallest absolute Gasteiger partial charge is 0.275 e. The van der Waals surface area contributed by atoms with Crippen molar-refractivity contribution in [2.45, 2.75) is 46.6 Å². The maximum atomic E-state index is 11.9. The summed E-state index contributed by atoms with van der Waals surface area (Å²) in [6, 6.07) is 8.87. The van der Waals surface area contributed by atoms with Gasteiger partial charge in [-0.25, -0.2) is 0 Å². The molecular formula is C19H32N3O2+. The van der Waals surface area contributed by atoms with Crippen molar-refractivity contribution >= 4 is 11.8 Å². The Morgan fingerprint density at radius 3 is 2.04 bits per heavy atom. The molecule has 5 nitrogen and oxygen atoms in total. The summed E-state index contributed by atoms with van der Waals surface area (Å²) in [5.74, 6) is 0.646. The molecule has 0 aliphatic carbocycles. The predicted molar refractivity (Wildman–Crippen MR) is 96.6 cm³/mol. The summed E-state index contributed by atoms with van der Waals surface area (Å²) in [6.07, 6.45) is 0. The van der Waals surface area contributed by atoms with Crippen molar-refractivity contribution in [2.24, 2.45) is 5.92 Å². The van der Waals surface area contributed by atoms with Gasteiger partial charge in [0.15, 0.2) is 6.54 Å². The minimum absolute atomic E-state index is 0.0376. The van der Waals surface area contributed by atoms with Crippen LogP contribution in [0.5, 0.6) is 0 Å². The molecule has 1 aromatic rings. The molecular weight excluding hydrogens is 302 g/mol. The van der Waals surface area contributed by atoms with Gasteiger partial charge in [0.25, 0.3) is 5.91 Å². The highest BCUT2D eigenvalue weighted by molar-refractivity contribution is 5.84. The van der Waals surface area contributed by atoms with Crippen LogP contribution in [0.25, 0.3) is 0 Å². The Labute approximate surface area is 145 Å². The average Bonchev–Trinajstić information content (AvgIpc) is 2.53. The Balaban J connectivity index is 2.57. The first-order valence-electron chi connectivity index (χ1n) is 8.81. The highest BCUT2D eigenvalue weighted by Crippen LogP contribution is 2.21. The molecule has 1 aromatic carbocycles. The highest BCUT2D eigenvalue weighted by atomic mass is 16.2. The third-order valence-electron chi connectivity index (χ3n) is 4.08. The number of amides is 2. The lowest BCUT2D eigenvalue weighted by atomic mass is 9.93. The van der Waals surface area contributed by atoms with Crippen molar-refractivity contribution in [1.29, 1.82) is 0 Å². The number of quaternary nitrogens is 1. The van der Waals surface area contributed by atoms with E-state index in [0.29, 0.717) is 24.9 Å². The number of nitrogens with one attached hydrogen (secondary N) is 2. The van der Waals surface area contributed by atoms with Gasteiger partial charge in [-0.05, 0) is 18.4 Å². The monoisotopic (exact) mass is 334 g/mol. The van der Waals surface area contributed by atoms with Gasteiger partial charge in [-0.3, -0.25) is 9.59 Å². The molecule has 0 fully saturated rings. The number of hydrogen-bond acceptors (Lipinski definition) is 2. The molecule has 0 saturated carbocycles. The van der Waals surface area contributed by atoms with Gasteiger partial charge in [-0.15, -0.1) is 0 Å². The predicted octanol–water partition coefficient (Wildman–Crippen LogP) is 1.32. The minimum Gasteiger partial charge on any atom is -0.355 e. The fourth-order valence-electron chi connectivity index (χ4n) is 2.64. The van der Waals surface area contributed by atoms with Crippen LogP contribution in [0.15, 0.2) is 24.3 Å². The first kappa shape index (κ1) is 20.2. The van der Waals surface area contributed by atoms with Gasteiger partial charge in [-0.1, -0.05) is 52.0 Å². The van der Waals surface area contributed by atoms with E-state index in [0.717, 1.165) is 0 Å². The number of nitrogens with two attached hydrogens (primary N) is 1. The molecule has 0 bridgehead atoms. The van der Waals surface area contributed by atoms with Crippen LogP contribution in [0.4, 0.5) is 0 Å². The van der Waals surface area contributed by atoms with Gasteiger partial charge in [0.1, 0.15) is 6.04 Å². The van der Waals surface area contributed by atoms with Crippen molar-refractivity contribution in [1.82, 2.24) is 10.6 Å². The second kappa shape index (κ2) is 10.1. The number of likely N-dealkylation sites (N-methyl/N-ethyl adjacent to an activating group) is 1. The number of rotatable bonds is 9. The van der Waals surface area contributed by atoms with E-state index in [1.165, 1.54) is 11.1 Å². The van der Waals surface area contributed by atoms with E-state index in [-0.39, 0.29) is 24.4 Å². The van der Waals surface area contributed by atoms with Crippen molar-refractivity contribution in [3.8, 4) is 0 Å². The quantitative estimate of drug-likeness (QED) is 0.637. The molecule has 1 rings (SSSR count). The van der Waals surface area contributed by atoms with Crippen LogP contribution >= 0.6 is 0 Å². The Bertz CT molecular complexity index is 524. The third kappa shape index (κ3) is 6.71. The minimum atomic E-state index is -0.157. The molecule has 0 unspecified atom stereocenters. The fourth-order valence-corrected chi connectivity index (χ4v) is 2.64. The summed E-state index contributed by atoms with van der Waals surface area (Å²) in [7, 11) is 0. The van der Waals surface area contributed by atoms with Crippen LogP contribution in [0.3, 0.4) is 0 Å². The maximum Gasteiger partial charge on any atom is 0.275 e. The molecule has 0 aliphatic rings. The van der Waals surface area contributed by atoms with Gasteiger partial charge in [0.2, 0.25) is 5.91 Å². The van der Waals surface area contributed by atoms with E-state index in [1.54, 1.807) is 0 Å². The summed E-state index contributed by atoms with van der Waals surface area (Å²) in [6.45, 7) is 11.5. The molecule has 5 heteroatoms. The van der Waals surface area contributed by atoms with Gasteiger partial charge >= 0.3 is 0 Å². The standard InChI is InChI=1S/C19H31N3O2/c1-6-20-17(23)11-21-18(24)12-22-19(14(4)5)16-9-7-15(8-10-16)13(2)3/h7-10,13-14,19,22H,6,11-12H2,1-5H3,(H,20,23)(H,21,24)/p+1/t19-/m0/s1. The summed E-state index contributed by atoms with van der Waals surface area (Å²) >= 11 is 0. The van der Waals surface area contributed by atoms with E-state index in [2.05, 4.69) is 62.6 Å². The van der Waals surface area contributed by atoms with E-state index in [1.807, 2.05) is 12.2 Å². The second-order valence-electron chi connectivity index (χ2n) is 6.76. The Morgan fingerprint density at radius 2 is 1.54 bits per heavy atom. The number of benzene rings is 1. The number of hydrogen-bond donors (Lipinski definition) is 3. The van der Waals surface area contributed by atoms with Crippen LogP contribution in [0, 0.1) is 5.92 Å². The van der Waals surface area contributed by atoms with Gasteiger partial charge < -0.3 is 16.0 Å². The third-order valence-corrected chi connectivity index (χ3v) is 4.08. The molecule has 0 radical (unpaired) electrons. The zero-order valence-electron chi connectivity index (χ0n) is 15.6. The first-order valence-corrected chi connectivity index (χ1v) is 8.81. The number of carbonyl (C=O) groups is 2. The topological polar surface area (TPSA) is 74.8 Å². The molecule has 0 spiro atoms. The summed E-state index contributed by atoms with van der Waals surface area (Å²) in [5.41, 5.74) is 2.55. The highest BCUT2D eigenvalue weighted by Gasteiger charge is 2.20. The van der Waals surface area contributed by atoms with Gasteiger partial charge in [0, 0.05) is 18.0 Å². The average molecular weight is 334 g/mol. The molecule has 0 saturated heterocycles. The summed E-state index contributed by atoms with van der Waals surface area (Å²) in [4.78, 5) is 23.3. The van der Waals surface area contributed by atoms with Gasteiger partial charge in [0.05, 0.1) is 6.54 Å². The molecule has 0 heterocycles. The largest absolute Gasteiger partial charge is 0.355 e. The normalized spacial score (nSPS) is 12.3. The summed E-state index contributed by atoms with van der Waals surface area (Å²) in [5, 5.41) is 7.36. The van der Waals surface area contributed by atoms with Crippen LogP contribution in [-0.2, 0) is 9.59 Å². The lowest BCUT2D eigenvalue weighted by molar-refractivity contribution is -0.692. The zero-order chi connectivity index (χ0) is 18.1. The van der Waals surface area contributed by atoms with E-state index < -0.39 is 0 Å². The van der Waals surface area contributed by atoms with Crippen molar-refractivity contribution in [2.75, 3.05) is 19.6 Å². The van der Waals surface area contributed by atoms with Crippen LogP contribution in [0.1, 0.15) is 57.7 Å². The lowest BCUT2D eigenvalue weighted by Gasteiger charge is -2.20. The molecule has 0 aliphatic heterocycles. The van der Waals surface area contributed by atoms with E-state index in [9.17, 15) is 9.59 Å². The lowest BCUT2D eigenvalue weighted by Crippen LogP contribution is -2.88.